The molecular weight excluding hydrogens is 318 g/mol. The van der Waals surface area contributed by atoms with E-state index < -0.39 is 5.79 Å². The lowest BCUT2D eigenvalue weighted by molar-refractivity contribution is -0.162. The zero-order valence-corrected chi connectivity index (χ0v) is 14.0. The molecule has 1 aliphatic heterocycles. The van der Waals surface area contributed by atoms with E-state index in [9.17, 15) is 9.90 Å². The van der Waals surface area contributed by atoms with Gasteiger partial charge in [-0.1, -0.05) is 17.7 Å². The summed E-state index contributed by atoms with van der Waals surface area (Å²) in [4.78, 5) is 12.7. The van der Waals surface area contributed by atoms with E-state index >= 15 is 0 Å². The predicted molar refractivity (Wildman–Crippen MR) is 87.3 cm³/mol. The van der Waals surface area contributed by atoms with Crippen LogP contribution in [0.1, 0.15) is 37.0 Å². The molecule has 0 aromatic heterocycles. The topological polar surface area (TPSA) is 81.8 Å². The van der Waals surface area contributed by atoms with Gasteiger partial charge >= 0.3 is 0 Å². The van der Waals surface area contributed by atoms with Gasteiger partial charge in [0.2, 0.25) is 0 Å². The Kier molecular flexibility index (Phi) is 4.40. The second kappa shape index (κ2) is 6.06. The summed E-state index contributed by atoms with van der Waals surface area (Å²) in [5, 5.41) is 9.95. The summed E-state index contributed by atoms with van der Waals surface area (Å²) in [7, 11) is 0. The Balaban J connectivity index is 1.79. The number of hydrogen-bond acceptors (Lipinski definition) is 5. The fourth-order valence-electron chi connectivity index (χ4n) is 3.76. The number of aliphatic hydroxyl groups is 1. The molecule has 126 valence electrons. The number of carbonyl (C=O) groups excluding carboxylic acids is 1. The lowest BCUT2D eigenvalue weighted by Crippen LogP contribution is -2.27. The zero-order chi connectivity index (χ0) is 16.8. The Morgan fingerprint density at radius 1 is 1.35 bits per heavy atom. The van der Waals surface area contributed by atoms with E-state index in [1.807, 2.05) is 13.8 Å². The fourth-order valence-corrected chi connectivity index (χ4v) is 4.04. The Morgan fingerprint density at radius 3 is 2.61 bits per heavy atom. The van der Waals surface area contributed by atoms with Gasteiger partial charge in [-0.2, -0.15) is 0 Å². The van der Waals surface area contributed by atoms with Crippen LogP contribution in [-0.4, -0.2) is 35.5 Å². The van der Waals surface area contributed by atoms with Crippen LogP contribution in [0.25, 0.3) is 0 Å². The van der Waals surface area contributed by atoms with E-state index in [4.69, 9.17) is 26.8 Å². The number of Topliss-reactive ketones (excluding diaryl/α,β-unsaturated/α-hetero) is 1. The minimum absolute atomic E-state index is 0.0110. The number of halogens is 1. The lowest BCUT2D eigenvalue weighted by atomic mass is 9.94. The lowest BCUT2D eigenvalue weighted by Gasteiger charge is -2.23. The minimum Gasteiger partial charge on any atom is -0.398 e. The summed E-state index contributed by atoms with van der Waals surface area (Å²) in [6, 6.07) is 5.06. The Morgan fingerprint density at radius 2 is 2.00 bits per heavy atom. The minimum atomic E-state index is -0.687. The highest BCUT2D eigenvalue weighted by molar-refractivity contribution is 6.34. The normalized spacial score (nSPS) is 32.0. The van der Waals surface area contributed by atoms with Crippen LogP contribution < -0.4 is 5.73 Å². The third kappa shape index (κ3) is 3.11. The van der Waals surface area contributed by atoms with Crippen LogP contribution in [0.4, 0.5) is 5.69 Å². The number of ketones is 1. The number of carbonyl (C=O) groups is 1. The van der Waals surface area contributed by atoms with Crippen molar-refractivity contribution in [3.8, 4) is 0 Å². The molecule has 0 radical (unpaired) electrons. The molecule has 1 aliphatic carbocycles. The SMILES string of the molecule is CC1(C)O[C@@H]2[C@@H](CO)C[C@@H](CC(=O)c3c(N)cccc3Cl)[C@@H]2O1. The first-order valence-corrected chi connectivity index (χ1v) is 8.24. The van der Waals surface area contributed by atoms with Crippen LogP contribution in [0.2, 0.25) is 5.02 Å². The second-order valence-electron chi connectivity index (χ2n) is 6.83. The molecule has 1 saturated heterocycles. The van der Waals surface area contributed by atoms with Gasteiger partial charge in [-0.15, -0.1) is 0 Å². The van der Waals surface area contributed by atoms with Gasteiger partial charge in [0.1, 0.15) is 0 Å². The van der Waals surface area contributed by atoms with Crippen LogP contribution in [0.15, 0.2) is 18.2 Å². The number of fused-ring (bicyclic) bond motifs is 1. The number of benzene rings is 1. The maximum Gasteiger partial charge on any atom is 0.166 e. The first kappa shape index (κ1) is 16.7. The third-order valence-corrected chi connectivity index (χ3v) is 5.02. The smallest absolute Gasteiger partial charge is 0.166 e. The summed E-state index contributed by atoms with van der Waals surface area (Å²) in [5.41, 5.74) is 6.66. The molecular formula is C17H22ClNO4. The molecule has 0 spiro atoms. The average Bonchev–Trinajstić information content (AvgIpc) is 2.93. The van der Waals surface area contributed by atoms with Gasteiger partial charge in [0.25, 0.3) is 0 Å². The van der Waals surface area contributed by atoms with Crippen molar-refractivity contribution in [1.29, 1.82) is 0 Å². The summed E-state index contributed by atoms with van der Waals surface area (Å²) in [6.07, 6.45) is 0.620. The maximum absolute atomic E-state index is 12.7. The molecule has 1 aromatic carbocycles. The van der Waals surface area contributed by atoms with Crippen LogP contribution >= 0.6 is 11.6 Å². The van der Waals surface area contributed by atoms with Crippen LogP contribution in [0.5, 0.6) is 0 Å². The maximum atomic E-state index is 12.7. The summed E-state index contributed by atoms with van der Waals surface area (Å²) < 4.78 is 11.9. The third-order valence-electron chi connectivity index (χ3n) is 4.71. The molecule has 3 N–H and O–H groups in total. The zero-order valence-electron chi connectivity index (χ0n) is 13.3. The molecule has 1 aromatic rings. The van der Waals surface area contributed by atoms with Gasteiger partial charge < -0.3 is 20.3 Å². The molecule has 1 heterocycles. The molecule has 23 heavy (non-hydrogen) atoms. The van der Waals surface area contributed by atoms with Crippen molar-refractivity contribution >= 4 is 23.1 Å². The largest absolute Gasteiger partial charge is 0.398 e. The van der Waals surface area contributed by atoms with E-state index in [-0.39, 0.29) is 42.9 Å². The summed E-state index contributed by atoms with van der Waals surface area (Å²) >= 11 is 6.13. The van der Waals surface area contributed by atoms with Crippen molar-refractivity contribution in [2.24, 2.45) is 11.8 Å². The number of hydrogen-bond donors (Lipinski definition) is 2. The van der Waals surface area contributed by atoms with Gasteiger partial charge in [-0.25, -0.2) is 0 Å². The molecule has 4 atom stereocenters. The van der Waals surface area contributed by atoms with Crippen molar-refractivity contribution in [3.63, 3.8) is 0 Å². The quantitative estimate of drug-likeness (QED) is 0.651. The van der Waals surface area contributed by atoms with Gasteiger partial charge in [0, 0.05) is 24.6 Å². The number of aliphatic hydroxyl groups excluding tert-OH is 1. The molecule has 5 nitrogen and oxygen atoms in total. The number of ether oxygens (including phenoxy) is 2. The van der Waals surface area contributed by atoms with Gasteiger partial charge in [-0.3, -0.25) is 4.79 Å². The summed E-state index contributed by atoms with van der Waals surface area (Å²) in [6.45, 7) is 3.73. The van der Waals surface area contributed by atoms with Gasteiger partial charge in [-0.05, 0) is 38.3 Å². The van der Waals surface area contributed by atoms with Crippen molar-refractivity contribution < 1.29 is 19.4 Å². The van der Waals surface area contributed by atoms with Crippen molar-refractivity contribution in [2.45, 2.75) is 44.7 Å². The number of nitrogens with two attached hydrogens (primary N) is 1. The van der Waals surface area contributed by atoms with Gasteiger partial charge in [0.05, 0.1) is 22.8 Å². The van der Waals surface area contributed by atoms with E-state index in [2.05, 4.69) is 0 Å². The highest BCUT2D eigenvalue weighted by atomic mass is 35.5. The highest BCUT2D eigenvalue weighted by Crippen LogP contribution is 2.46. The standard InChI is InChI=1S/C17H22ClNO4/c1-17(2)22-15-9(6-10(8-20)16(15)23-17)7-13(21)14-11(18)4-3-5-12(14)19/h3-5,9-10,15-16,20H,6-8,19H2,1-2H3/t9-,10+,15-,16+/m0/s1. The first-order valence-electron chi connectivity index (χ1n) is 7.86. The molecule has 0 bridgehead atoms. The Bertz CT molecular complexity index is 598. The molecule has 1 saturated carbocycles. The number of anilines is 1. The van der Waals surface area contributed by atoms with Gasteiger partial charge in [0.15, 0.2) is 11.6 Å². The fraction of sp³-hybridized carbons (Fsp3) is 0.588. The van der Waals surface area contributed by atoms with Crippen molar-refractivity contribution in [1.82, 2.24) is 0 Å². The van der Waals surface area contributed by atoms with E-state index in [1.54, 1.807) is 18.2 Å². The monoisotopic (exact) mass is 339 g/mol. The van der Waals surface area contributed by atoms with Crippen LogP contribution in [0.3, 0.4) is 0 Å². The predicted octanol–water partition coefficient (Wildman–Crippen LogP) is 2.64. The average molecular weight is 340 g/mol. The molecule has 0 amide bonds. The van der Waals surface area contributed by atoms with Crippen molar-refractivity contribution in [3.05, 3.63) is 28.8 Å². The molecule has 3 rings (SSSR count). The highest BCUT2D eigenvalue weighted by Gasteiger charge is 2.53. The van der Waals surface area contributed by atoms with Crippen molar-refractivity contribution in [2.75, 3.05) is 12.3 Å². The Hall–Kier alpha value is -1.14. The second-order valence-corrected chi connectivity index (χ2v) is 7.24. The van der Waals surface area contributed by atoms with E-state index in [0.29, 0.717) is 22.7 Å². The van der Waals surface area contributed by atoms with Crippen LogP contribution in [-0.2, 0) is 9.47 Å². The molecule has 0 unspecified atom stereocenters. The molecule has 6 heteroatoms. The number of rotatable bonds is 4. The number of nitrogen functional groups attached to an aromatic ring is 1. The molecule has 2 aliphatic rings. The summed E-state index contributed by atoms with van der Waals surface area (Å²) in [5.74, 6) is -0.803. The first-order chi connectivity index (χ1) is 10.8. The van der Waals surface area contributed by atoms with Crippen LogP contribution in [0, 0.1) is 11.8 Å². The molecule has 2 fully saturated rings. The Labute approximate surface area is 140 Å². The van der Waals surface area contributed by atoms with E-state index in [0.717, 1.165) is 0 Å². The van der Waals surface area contributed by atoms with E-state index in [1.165, 1.54) is 0 Å².